The number of nitrogens with zero attached hydrogens (tertiary/aromatic N) is 2. The summed E-state index contributed by atoms with van der Waals surface area (Å²) in [6.07, 6.45) is 1.56. The molecule has 2 amide bonds. The van der Waals surface area contributed by atoms with E-state index < -0.39 is 4.92 Å². The Balaban J connectivity index is 1.98. The summed E-state index contributed by atoms with van der Waals surface area (Å²) in [6, 6.07) is 5.80. The van der Waals surface area contributed by atoms with Gasteiger partial charge in [0.05, 0.1) is 4.92 Å². The van der Waals surface area contributed by atoms with Crippen LogP contribution in [0.4, 0.5) is 16.2 Å². The molecule has 19 heavy (non-hydrogen) atoms. The minimum Gasteiger partial charge on any atom is -0.328 e. The average Bonchev–Trinajstić information content (AvgIpc) is 2.39. The molecule has 1 aromatic carbocycles. The van der Waals surface area contributed by atoms with Crippen molar-refractivity contribution in [2.24, 2.45) is 5.73 Å². The Labute approximate surface area is 110 Å². The van der Waals surface area contributed by atoms with Gasteiger partial charge in [-0.25, -0.2) is 4.79 Å². The predicted molar refractivity (Wildman–Crippen MR) is 70.9 cm³/mol. The zero-order valence-electron chi connectivity index (χ0n) is 10.4. The van der Waals surface area contributed by atoms with Gasteiger partial charge in [-0.15, -0.1) is 0 Å². The summed E-state index contributed by atoms with van der Waals surface area (Å²) in [4.78, 5) is 23.8. The number of anilines is 1. The summed E-state index contributed by atoms with van der Waals surface area (Å²) in [5, 5.41) is 13.3. The largest absolute Gasteiger partial charge is 0.328 e. The summed E-state index contributed by atoms with van der Waals surface area (Å²) < 4.78 is 0. The normalized spacial score (nSPS) is 16.2. The molecule has 3 N–H and O–H groups in total. The molecule has 0 aromatic heterocycles. The zero-order chi connectivity index (χ0) is 13.8. The molecule has 102 valence electrons. The Morgan fingerprint density at radius 3 is 2.74 bits per heavy atom. The first-order valence-corrected chi connectivity index (χ1v) is 6.12. The summed E-state index contributed by atoms with van der Waals surface area (Å²) >= 11 is 0. The summed E-state index contributed by atoms with van der Waals surface area (Å²) in [7, 11) is 0. The first kappa shape index (κ1) is 13.3. The molecular formula is C12H16N4O3. The summed E-state index contributed by atoms with van der Waals surface area (Å²) in [5.74, 6) is 0. The van der Waals surface area contributed by atoms with Crippen molar-refractivity contribution in [3.8, 4) is 0 Å². The molecule has 0 spiro atoms. The maximum absolute atomic E-state index is 12.0. The van der Waals surface area contributed by atoms with Crippen molar-refractivity contribution < 1.29 is 9.72 Å². The lowest BCUT2D eigenvalue weighted by Gasteiger charge is -2.30. The van der Waals surface area contributed by atoms with Crippen LogP contribution in [0.15, 0.2) is 24.3 Å². The van der Waals surface area contributed by atoms with Crippen molar-refractivity contribution >= 4 is 17.4 Å². The molecule has 7 heteroatoms. The molecule has 2 rings (SSSR count). The molecule has 1 aromatic rings. The number of hydrogen-bond donors (Lipinski definition) is 2. The Bertz CT molecular complexity index is 484. The Morgan fingerprint density at radius 1 is 1.42 bits per heavy atom. The second-order valence-electron chi connectivity index (χ2n) is 4.56. The molecule has 1 fully saturated rings. The van der Waals surface area contributed by atoms with E-state index in [4.69, 9.17) is 5.73 Å². The SMILES string of the molecule is NC1CCN(C(=O)Nc2cccc([N+](=O)[O-])c2)CC1. The maximum Gasteiger partial charge on any atom is 0.321 e. The van der Waals surface area contributed by atoms with Crippen molar-refractivity contribution in [2.45, 2.75) is 18.9 Å². The number of non-ortho nitro benzene ring substituents is 1. The summed E-state index contributed by atoms with van der Waals surface area (Å²) in [5.41, 5.74) is 6.15. The lowest BCUT2D eigenvalue weighted by molar-refractivity contribution is -0.384. The number of nitro groups is 1. The van der Waals surface area contributed by atoms with E-state index >= 15 is 0 Å². The van der Waals surface area contributed by atoms with Crippen LogP contribution in [0.2, 0.25) is 0 Å². The highest BCUT2D eigenvalue weighted by Gasteiger charge is 2.20. The van der Waals surface area contributed by atoms with Crippen molar-refractivity contribution in [1.29, 1.82) is 0 Å². The van der Waals surface area contributed by atoms with E-state index in [2.05, 4.69) is 5.32 Å². The van der Waals surface area contributed by atoms with Gasteiger partial charge in [0, 0.05) is 37.0 Å². The van der Waals surface area contributed by atoms with Crippen LogP contribution >= 0.6 is 0 Å². The predicted octanol–water partition coefficient (Wildman–Crippen LogP) is 1.55. The molecule has 1 aliphatic rings. The Morgan fingerprint density at radius 2 is 2.11 bits per heavy atom. The number of hydrogen-bond acceptors (Lipinski definition) is 4. The van der Waals surface area contributed by atoms with Crippen LogP contribution in [-0.2, 0) is 0 Å². The standard InChI is InChI=1S/C12H16N4O3/c13-9-4-6-15(7-5-9)12(17)14-10-2-1-3-11(8-10)16(18)19/h1-3,8-9H,4-7,13H2,(H,14,17). The van der Waals surface area contributed by atoms with E-state index in [-0.39, 0.29) is 17.8 Å². The van der Waals surface area contributed by atoms with Gasteiger partial charge in [0.25, 0.3) is 5.69 Å². The van der Waals surface area contributed by atoms with E-state index in [1.54, 1.807) is 17.0 Å². The Hall–Kier alpha value is -2.15. The third-order valence-electron chi connectivity index (χ3n) is 3.14. The second-order valence-corrected chi connectivity index (χ2v) is 4.56. The van der Waals surface area contributed by atoms with Crippen LogP contribution in [0.5, 0.6) is 0 Å². The monoisotopic (exact) mass is 264 g/mol. The van der Waals surface area contributed by atoms with E-state index in [9.17, 15) is 14.9 Å². The van der Waals surface area contributed by atoms with Crippen LogP contribution in [0, 0.1) is 10.1 Å². The summed E-state index contributed by atoms with van der Waals surface area (Å²) in [6.45, 7) is 1.23. The first-order chi connectivity index (χ1) is 9.06. The average molecular weight is 264 g/mol. The topological polar surface area (TPSA) is 102 Å². The number of piperidine rings is 1. The van der Waals surface area contributed by atoms with Gasteiger partial charge in [-0.1, -0.05) is 6.07 Å². The second kappa shape index (κ2) is 5.66. The molecular weight excluding hydrogens is 248 g/mol. The van der Waals surface area contributed by atoms with Crippen molar-refractivity contribution in [2.75, 3.05) is 18.4 Å². The number of benzene rings is 1. The third kappa shape index (κ3) is 3.41. The van der Waals surface area contributed by atoms with Gasteiger partial charge in [-0.05, 0) is 18.9 Å². The van der Waals surface area contributed by atoms with Gasteiger partial charge < -0.3 is 16.0 Å². The molecule has 1 heterocycles. The number of amides is 2. The molecule has 0 bridgehead atoms. The lowest BCUT2D eigenvalue weighted by atomic mass is 10.1. The smallest absolute Gasteiger partial charge is 0.321 e. The van der Waals surface area contributed by atoms with Crippen LogP contribution in [-0.4, -0.2) is 35.0 Å². The number of nitrogens with one attached hydrogen (secondary N) is 1. The molecule has 7 nitrogen and oxygen atoms in total. The fraction of sp³-hybridized carbons (Fsp3) is 0.417. The zero-order valence-corrected chi connectivity index (χ0v) is 10.4. The first-order valence-electron chi connectivity index (χ1n) is 6.12. The highest BCUT2D eigenvalue weighted by atomic mass is 16.6. The molecule has 0 unspecified atom stereocenters. The third-order valence-corrected chi connectivity index (χ3v) is 3.14. The number of carbonyl (C=O) groups is 1. The van der Waals surface area contributed by atoms with Gasteiger partial charge in [0.1, 0.15) is 0 Å². The van der Waals surface area contributed by atoms with Crippen LogP contribution in [0.3, 0.4) is 0 Å². The molecule has 0 radical (unpaired) electrons. The van der Waals surface area contributed by atoms with Crippen LogP contribution in [0.1, 0.15) is 12.8 Å². The number of nitro benzene ring substituents is 1. The fourth-order valence-corrected chi connectivity index (χ4v) is 2.00. The number of nitrogens with two attached hydrogens (primary N) is 1. The highest BCUT2D eigenvalue weighted by Crippen LogP contribution is 2.18. The van der Waals surface area contributed by atoms with Gasteiger partial charge in [0.2, 0.25) is 0 Å². The molecule has 0 atom stereocenters. The fourth-order valence-electron chi connectivity index (χ4n) is 2.00. The van der Waals surface area contributed by atoms with E-state index in [1.165, 1.54) is 12.1 Å². The van der Waals surface area contributed by atoms with Gasteiger partial charge in [-0.2, -0.15) is 0 Å². The number of carbonyl (C=O) groups excluding carboxylic acids is 1. The van der Waals surface area contributed by atoms with E-state index in [0.717, 1.165) is 12.8 Å². The van der Waals surface area contributed by atoms with Gasteiger partial charge in [-0.3, -0.25) is 10.1 Å². The molecule has 1 saturated heterocycles. The number of rotatable bonds is 2. The van der Waals surface area contributed by atoms with Crippen LogP contribution in [0.25, 0.3) is 0 Å². The number of urea groups is 1. The van der Waals surface area contributed by atoms with Gasteiger partial charge in [0.15, 0.2) is 0 Å². The highest BCUT2D eigenvalue weighted by molar-refractivity contribution is 5.89. The van der Waals surface area contributed by atoms with Crippen molar-refractivity contribution in [3.05, 3.63) is 34.4 Å². The van der Waals surface area contributed by atoms with E-state index in [0.29, 0.717) is 18.8 Å². The molecule has 0 saturated carbocycles. The van der Waals surface area contributed by atoms with Crippen molar-refractivity contribution in [1.82, 2.24) is 4.90 Å². The minimum atomic E-state index is -0.491. The minimum absolute atomic E-state index is 0.0431. The lowest BCUT2D eigenvalue weighted by Crippen LogP contribution is -2.44. The van der Waals surface area contributed by atoms with Crippen molar-refractivity contribution in [3.63, 3.8) is 0 Å². The molecule has 0 aliphatic carbocycles. The quantitative estimate of drug-likeness (QED) is 0.625. The van der Waals surface area contributed by atoms with Crippen LogP contribution < -0.4 is 11.1 Å². The van der Waals surface area contributed by atoms with E-state index in [1.807, 2.05) is 0 Å². The van der Waals surface area contributed by atoms with Gasteiger partial charge >= 0.3 is 6.03 Å². The Kier molecular flexibility index (Phi) is 3.96. The molecule has 1 aliphatic heterocycles. The maximum atomic E-state index is 12.0. The number of likely N-dealkylation sites (tertiary alicyclic amines) is 1.